The zero-order valence-corrected chi connectivity index (χ0v) is 8.37. The summed E-state index contributed by atoms with van der Waals surface area (Å²) in [7, 11) is 0. The van der Waals surface area contributed by atoms with E-state index >= 15 is 0 Å². The third-order valence-electron chi connectivity index (χ3n) is 2.49. The number of aliphatic hydroxyl groups is 2. The number of hydrogen-bond donors (Lipinski definition) is 3. The lowest BCUT2D eigenvalue weighted by Gasteiger charge is -2.16. The van der Waals surface area contributed by atoms with Crippen molar-refractivity contribution in [1.29, 1.82) is 0 Å². The second kappa shape index (κ2) is 4.20. The van der Waals surface area contributed by atoms with Crippen molar-refractivity contribution in [3.8, 4) is 0 Å². The van der Waals surface area contributed by atoms with Crippen LogP contribution in [0.5, 0.6) is 0 Å². The van der Waals surface area contributed by atoms with Gasteiger partial charge in [0.05, 0.1) is 12.7 Å². The molecule has 0 aliphatic carbocycles. The lowest BCUT2D eigenvalue weighted by Crippen LogP contribution is -2.34. The topological polar surface area (TPSA) is 105 Å². The molecule has 0 saturated carbocycles. The molecule has 0 radical (unpaired) electrons. The third kappa shape index (κ3) is 1.92. The van der Waals surface area contributed by atoms with Crippen LogP contribution in [0.3, 0.4) is 0 Å². The van der Waals surface area contributed by atoms with E-state index in [4.69, 9.17) is 9.84 Å². The molecule has 1 aromatic rings. The van der Waals surface area contributed by atoms with Gasteiger partial charge in [0, 0.05) is 18.7 Å². The van der Waals surface area contributed by atoms with Gasteiger partial charge in [-0.3, -0.25) is 14.3 Å². The normalized spacial score (nSPS) is 29.5. The number of ether oxygens (including phenoxy) is 1. The fourth-order valence-corrected chi connectivity index (χ4v) is 1.73. The quantitative estimate of drug-likeness (QED) is 0.552. The molecule has 0 unspecified atom stereocenters. The first-order valence-corrected chi connectivity index (χ1v) is 4.87. The van der Waals surface area contributed by atoms with E-state index in [2.05, 4.69) is 4.98 Å². The molecule has 16 heavy (non-hydrogen) atoms. The van der Waals surface area contributed by atoms with Crippen molar-refractivity contribution < 1.29 is 14.9 Å². The minimum absolute atomic E-state index is 0.217. The Hall–Kier alpha value is -1.44. The molecule has 1 fully saturated rings. The highest BCUT2D eigenvalue weighted by Gasteiger charge is 2.35. The molecular formula is C9H12N2O5. The number of aromatic nitrogens is 2. The van der Waals surface area contributed by atoms with Crippen LogP contribution in [0.15, 0.2) is 21.9 Å². The lowest BCUT2D eigenvalue weighted by molar-refractivity contribution is -0.0530. The Morgan fingerprint density at radius 2 is 2.31 bits per heavy atom. The number of nitrogens with zero attached hydrogens (tertiary/aromatic N) is 1. The van der Waals surface area contributed by atoms with Crippen molar-refractivity contribution in [2.45, 2.75) is 24.9 Å². The maximum Gasteiger partial charge on any atom is 0.330 e. The largest absolute Gasteiger partial charge is 0.394 e. The van der Waals surface area contributed by atoms with E-state index < -0.39 is 29.7 Å². The van der Waals surface area contributed by atoms with Gasteiger partial charge in [0.15, 0.2) is 6.23 Å². The van der Waals surface area contributed by atoms with Gasteiger partial charge in [0.1, 0.15) is 6.10 Å². The van der Waals surface area contributed by atoms with Crippen LogP contribution in [0.1, 0.15) is 12.6 Å². The predicted molar refractivity (Wildman–Crippen MR) is 52.9 cm³/mol. The first kappa shape index (κ1) is 11.1. The second-order valence-electron chi connectivity index (χ2n) is 3.65. The summed E-state index contributed by atoms with van der Waals surface area (Å²) < 4.78 is 6.37. The summed E-state index contributed by atoms with van der Waals surface area (Å²) in [6, 6.07) is 1.17. The predicted octanol–water partition coefficient (Wildman–Crippen LogP) is -1.82. The molecule has 1 aliphatic rings. The lowest BCUT2D eigenvalue weighted by atomic mass is 10.2. The minimum atomic E-state index is -0.874. The fraction of sp³-hybridized carbons (Fsp3) is 0.556. The van der Waals surface area contributed by atoms with Gasteiger partial charge in [0.2, 0.25) is 0 Å². The number of aromatic amines is 1. The van der Waals surface area contributed by atoms with Crippen LogP contribution in [-0.2, 0) is 4.74 Å². The van der Waals surface area contributed by atoms with Crippen molar-refractivity contribution in [2.24, 2.45) is 0 Å². The summed E-state index contributed by atoms with van der Waals surface area (Å²) in [5, 5.41) is 18.5. The molecule has 2 rings (SSSR count). The maximum atomic E-state index is 11.4. The van der Waals surface area contributed by atoms with Gasteiger partial charge < -0.3 is 14.9 Å². The van der Waals surface area contributed by atoms with Crippen LogP contribution < -0.4 is 11.2 Å². The van der Waals surface area contributed by atoms with Crippen LogP contribution in [0, 0.1) is 0 Å². The molecule has 88 valence electrons. The van der Waals surface area contributed by atoms with E-state index in [0.29, 0.717) is 0 Å². The van der Waals surface area contributed by atoms with Gasteiger partial charge in [-0.05, 0) is 0 Å². The average molecular weight is 228 g/mol. The third-order valence-corrected chi connectivity index (χ3v) is 2.49. The molecule has 0 amide bonds. The number of rotatable bonds is 2. The molecule has 7 heteroatoms. The van der Waals surface area contributed by atoms with E-state index in [9.17, 15) is 14.7 Å². The Morgan fingerprint density at radius 3 is 2.88 bits per heavy atom. The van der Waals surface area contributed by atoms with Gasteiger partial charge in [-0.2, -0.15) is 0 Å². The maximum absolute atomic E-state index is 11.4. The van der Waals surface area contributed by atoms with E-state index in [0.717, 1.165) is 4.57 Å². The Kier molecular flexibility index (Phi) is 2.90. The van der Waals surface area contributed by atoms with E-state index in [1.54, 1.807) is 0 Å². The molecule has 0 spiro atoms. The first-order chi connectivity index (χ1) is 7.61. The zero-order valence-electron chi connectivity index (χ0n) is 8.37. The molecular weight excluding hydrogens is 216 g/mol. The number of H-pyrrole nitrogens is 1. The number of nitrogens with one attached hydrogen (secondary N) is 1. The Balaban J connectivity index is 2.31. The average Bonchev–Trinajstić information content (AvgIpc) is 2.60. The van der Waals surface area contributed by atoms with Gasteiger partial charge in [-0.1, -0.05) is 0 Å². The van der Waals surface area contributed by atoms with Gasteiger partial charge in [-0.25, -0.2) is 4.79 Å². The smallest absolute Gasteiger partial charge is 0.330 e. The molecule has 3 N–H and O–H groups in total. The van der Waals surface area contributed by atoms with Gasteiger partial charge in [-0.15, -0.1) is 0 Å². The summed E-state index contributed by atoms with van der Waals surface area (Å²) in [5.74, 6) is 0. The standard InChI is InChI=1S/C9H12N2O5/c12-4-5-3-6(13)8(16-5)11-2-1-7(14)10-9(11)15/h1-2,5-6,8,12-13H,3-4H2,(H,10,14,15)/t5-,6+,8+/m0/s1. The molecule has 1 aromatic heterocycles. The number of aliphatic hydroxyl groups excluding tert-OH is 2. The fourth-order valence-electron chi connectivity index (χ4n) is 1.73. The van der Waals surface area contributed by atoms with Crippen LogP contribution in [0.25, 0.3) is 0 Å². The summed E-state index contributed by atoms with van der Waals surface area (Å²) in [5.41, 5.74) is -1.15. The van der Waals surface area contributed by atoms with Crippen molar-refractivity contribution in [3.63, 3.8) is 0 Å². The Bertz CT molecular complexity index is 479. The first-order valence-electron chi connectivity index (χ1n) is 4.87. The van der Waals surface area contributed by atoms with Gasteiger partial charge >= 0.3 is 5.69 Å². The van der Waals surface area contributed by atoms with Crippen molar-refractivity contribution in [2.75, 3.05) is 6.61 Å². The summed E-state index contributed by atoms with van der Waals surface area (Å²) in [6.07, 6.45) is -0.706. The van der Waals surface area contributed by atoms with Crippen LogP contribution >= 0.6 is 0 Å². The van der Waals surface area contributed by atoms with Crippen LogP contribution in [-0.4, -0.2) is 38.6 Å². The molecule has 7 nitrogen and oxygen atoms in total. The summed E-state index contributed by atoms with van der Waals surface area (Å²) in [4.78, 5) is 24.3. The van der Waals surface area contributed by atoms with Crippen molar-refractivity contribution >= 4 is 0 Å². The van der Waals surface area contributed by atoms with E-state index in [1.165, 1.54) is 12.3 Å². The molecule has 3 atom stereocenters. The molecule has 1 aliphatic heterocycles. The second-order valence-corrected chi connectivity index (χ2v) is 3.65. The SMILES string of the molecule is O=c1ccn([C@@H]2O[C@H](CO)C[C@H]2O)c(=O)[nH]1. The molecule has 1 saturated heterocycles. The van der Waals surface area contributed by atoms with Crippen LogP contribution in [0.2, 0.25) is 0 Å². The van der Waals surface area contributed by atoms with E-state index in [-0.39, 0.29) is 13.0 Å². The van der Waals surface area contributed by atoms with E-state index in [1.807, 2.05) is 0 Å². The molecule has 2 heterocycles. The van der Waals surface area contributed by atoms with Crippen molar-refractivity contribution in [1.82, 2.24) is 9.55 Å². The minimum Gasteiger partial charge on any atom is -0.394 e. The Labute approximate surface area is 89.9 Å². The molecule has 0 bridgehead atoms. The Morgan fingerprint density at radius 1 is 1.56 bits per heavy atom. The summed E-state index contributed by atoms with van der Waals surface area (Å²) in [6.45, 7) is -0.217. The highest BCUT2D eigenvalue weighted by atomic mass is 16.5. The van der Waals surface area contributed by atoms with Crippen LogP contribution in [0.4, 0.5) is 0 Å². The molecule has 0 aromatic carbocycles. The monoisotopic (exact) mass is 228 g/mol. The number of hydrogen-bond acceptors (Lipinski definition) is 5. The summed E-state index contributed by atoms with van der Waals surface area (Å²) >= 11 is 0. The highest BCUT2D eigenvalue weighted by Crippen LogP contribution is 2.26. The van der Waals surface area contributed by atoms with Gasteiger partial charge in [0.25, 0.3) is 5.56 Å². The zero-order chi connectivity index (χ0) is 11.7. The van der Waals surface area contributed by atoms with Crippen molar-refractivity contribution in [3.05, 3.63) is 33.1 Å². The highest BCUT2D eigenvalue weighted by molar-refractivity contribution is 4.88.